The third-order valence-electron chi connectivity index (χ3n) is 11.3. The molecule has 0 spiro atoms. The van der Waals surface area contributed by atoms with Gasteiger partial charge in [0, 0.05) is 5.25 Å². The molecule has 3 saturated carbocycles. The Morgan fingerprint density at radius 2 is 1.77 bits per heavy atom. The lowest BCUT2D eigenvalue weighted by Crippen LogP contribution is -2.50. The molecule has 1 unspecified atom stereocenters. The van der Waals surface area contributed by atoms with Crippen LogP contribution in [-0.2, 0) is 4.79 Å². The van der Waals surface area contributed by atoms with Crippen LogP contribution in [0.4, 0.5) is 0 Å². The maximum atomic E-state index is 12.7. The van der Waals surface area contributed by atoms with Gasteiger partial charge >= 0.3 is 0 Å². The fourth-order valence-electron chi connectivity index (χ4n) is 8.98. The molecule has 4 aliphatic rings. The fourth-order valence-corrected chi connectivity index (χ4v) is 10.5. The summed E-state index contributed by atoms with van der Waals surface area (Å²) < 4.78 is 0. The highest BCUT2D eigenvalue weighted by Gasteiger charge is 2.58. The third kappa shape index (κ3) is 5.81. The van der Waals surface area contributed by atoms with E-state index >= 15 is 0 Å². The Hall–Kier alpha value is 0.240. The lowest BCUT2D eigenvalue weighted by atomic mass is 9.47. The number of halogens is 1. The van der Waals surface area contributed by atoms with Crippen LogP contribution in [0.2, 0.25) is 0 Å². The monoisotopic (exact) mass is 564 g/mol. The molecule has 0 aromatic rings. The lowest BCUT2D eigenvalue weighted by molar-refractivity contribution is -0.111. The minimum absolute atomic E-state index is 0.00630. The van der Waals surface area contributed by atoms with E-state index < -0.39 is 0 Å². The second-order valence-electron chi connectivity index (χ2n) is 13.6. The Balaban J connectivity index is 1.36. The molecule has 0 saturated heterocycles. The van der Waals surface area contributed by atoms with E-state index in [4.69, 9.17) is 0 Å². The number of fused-ring (bicyclic) bond motifs is 5. The molecule has 200 valence electrons. The van der Waals surface area contributed by atoms with Crippen LogP contribution in [-0.4, -0.2) is 15.2 Å². The average molecular weight is 566 g/mol. The number of hydrogen-bond acceptors (Lipinski definition) is 2. The first-order chi connectivity index (χ1) is 16.7. The van der Waals surface area contributed by atoms with Gasteiger partial charge in [0.1, 0.15) is 0 Å². The lowest BCUT2D eigenvalue weighted by Gasteiger charge is -2.58. The van der Waals surface area contributed by atoms with Gasteiger partial charge in [-0.3, -0.25) is 4.79 Å². The number of carbonyl (C=O) groups excluding carboxylic acids is 1. The number of thioether (sulfide) groups is 1. The minimum Gasteiger partial charge on any atom is -0.286 e. The van der Waals surface area contributed by atoms with Gasteiger partial charge in [-0.15, -0.1) is 0 Å². The minimum atomic E-state index is -0.00630. The van der Waals surface area contributed by atoms with Gasteiger partial charge in [0.25, 0.3) is 0 Å². The van der Waals surface area contributed by atoms with Gasteiger partial charge in [0.2, 0.25) is 5.12 Å². The first-order valence-corrected chi connectivity index (χ1v) is 17.0. The van der Waals surface area contributed by atoms with Crippen LogP contribution in [0.25, 0.3) is 0 Å². The van der Waals surface area contributed by atoms with Gasteiger partial charge in [-0.25, -0.2) is 0 Å². The molecule has 0 aromatic heterocycles. The number of rotatable bonds is 10. The first-order valence-electron chi connectivity index (χ1n) is 15.2. The number of unbranched alkanes of at least 4 members (excludes halogenated alkanes) is 5. The summed E-state index contributed by atoms with van der Waals surface area (Å²) in [6, 6.07) is 0. The molecule has 3 fully saturated rings. The van der Waals surface area contributed by atoms with E-state index in [0.717, 1.165) is 30.1 Å². The predicted octanol–water partition coefficient (Wildman–Crippen LogP) is 10.4. The van der Waals surface area contributed by atoms with Gasteiger partial charge in [-0.1, -0.05) is 112 Å². The summed E-state index contributed by atoms with van der Waals surface area (Å²) in [6.07, 6.45) is 23.7. The van der Waals surface area contributed by atoms with E-state index in [-0.39, 0.29) is 4.83 Å². The van der Waals surface area contributed by atoms with Crippen LogP contribution >= 0.6 is 27.7 Å². The van der Waals surface area contributed by atoms with Crippen molar-refractivity contribution in [2.45, 2.75) is 141 Å². The molecule has 0 aromatic carbocycles. The molecule has 4 aliphatic carbocycles. The number of hydrogen-bond donors (Lipinski definition) is 0. The Labute approximate surface area is 229 Å². The van der Waals surface area contributed by atoms with Gasteiger partial charge < -0.3 is 0 Å². The van der Waals surface area contributed by atoms with Crippen molar-refractivity contribution in [1.82, 2.24) is 0 Å². The summed E-state index contributed by atoms with van der Waals surface area (Å²) in [6.45, 7) is 11.9. The van der Waals surface area contributed by atoms with Crippen LogP contribution in [0, 0.1) is 40.4 Å². The molecule has 1 nitrogen and oxygen atoms in total. The average Bonchev–Trinajstić information content (AvgIpc) is 3.17. The molecule has 4 rings (SSSR count). The van der Waals surface area contributed by atoms with Crippen molar-refractivity contribution in [3.63, 3.8) is 0 Å². The molecule has 35 heavy (non-hydrogen) atoms. The molecule has 0 radical (unpaired) electrons. The zero-order valence-electron chi connectivity index (χ0n) is 23.4. The van der Waals surface area contributed by atoms with Crippen molar-refractivity contribution in [1.29, 1.82) is 0 Å². The Kier molecular flexibility index (Phi) is 9.66. The molecule has 0 N–H and O–H groups in total. The maximum Gasteiger partial charge on any atom is 0.203 e. The van der Waals surface area contributed by atoms with E-state index in [9.17, 15) is 4.79 Å². The number of allylic oxidation sites excluding steroid dienone is 2. The van der Waals surface area contributed by atoms with Crippen molar-refractivity contribution in [2.24, 2.45) is 40.4 Å². The highest BCUT2D eigenvalue weighted by molar-refractivity contribution is 9.10. The number of carbonyl (C=O) groups is 1. The van der Waals surface area contributed by atoms with E-state index in [1.807, 2.05) is 0 Å². The molecular formula is C32H53BrOS. The first kappa shape index (κ1) is 28.3. The Bertz CT molecular complexity index is 761. The van der Waals surface area contributed by atoms with Crippen LogP contribution < -0.4 is 0 Å². The summed E-state index contributed by atoms with van der Waals surface area (Å²) in [5.74, 6) is 4.10. The van der Waals surface area contributed by atoms with E-state index in [2.05, 4.69) is 56.6 Å². The highest BCUT2D eigenvalue weighted by Crippen LogP contribution is 2.67. The summed E-state index contributed by atoms with van der Waals surface area (Å²) in [5, 5.41) is 0.831. The van der Waals surface area contributed by atoms with Crippen LogP contribution in [0.1, 0.15) is 131 Å². The van der Waals surface area contributed by atoms with E-state index in [1.54, 1.807) is 17.3 Å². The van der Waals surface area contributed by atoms with E-state index in [0.29, 0.717) is 27.1 Å². The summed E-state index contributed by atoms with van der Waals surface area (Å²) >= 11 is 5.28. The van der Waals surface area contributed by atoms with Gasteiger partial charge in [0.05, 0.1) is 4.83 Å². The fraction of sp³-hybridized carbons (Fsp3) is 0.906. The van der Waals surface area contributed by atoms with Crippen LogP contribution in [0.3, 0.4) is 0 Å². The van der Waals surface area contributed by atoms with E-state index in [1.165, 1.54) is 89.9 Å². The highest BCUT2D eigenvalue weighted by atomic mass is 79.9. The predicted molar refractivity (Wildman–Crippen MR) is 157 cm³/mol. The van der Waals surface area contributed by atoms with Crippen molar-refractivity contribution in [2.75, 3.05) is 0 Å². The van der Waals surface area contributed by atoms with Gasteiger partial charge in [-0.05, 0) is 98.2 Å². The van der Waals surface area contributed by atoms with Gasteiger partial charge in [0.15, 0.2) is 0 Å². The van der Waals surface area contributed by atoms with Crippen molar-refractivity contribution in [3.05, 3.63) is 11.6 Å². The topological polar surface area (TPSA) is 17.1 Å². The molecule has 0 amide bonds. The third-order valence-corrected chi connectivity index (χ3v) is 14.3. The Morgan fingerprint density at radius 1 is 1.03 bits per heavy atom. The smallest absolute Gasteiger partial charge is 0.203 e. The largest absolute Gasteiger partial charge is 0.286 e. The van der Waals surface area contributed by atoms with Crippen molar-refractivity contribution >= 4 is 32.8 Å². The second kappa shape index (κ2) is 12.0. The van der Waals surface area contributed by atoms with Crippen LogP contribution in [0.15, 0.2) is 11.6 Å². The molecule has 8 atom stereocenters. The molecular weight excluding hydrogens is 512 g/mol. The molecule has 0 aliphatic heterocycles. The van der Waals surface area contributed by atoms with Crippen molar-refractivity contribution in [3.8, 4) is 0 Å². The quantitative estimate of drug-likeness (QED) is 0.149. The second-order valence-corrected chi connectivity index (χ2v) is 15.9. The standard InChI is InChI=1S/C32H53BrOS/c1-6-7-8-9-10-11-12-23-14-16-27-26-15-13-24-21-25(35-30(34)29(33)22(2)3)17-19-32(24,5)28(26)18-20-31(23,27)4/h13,22-23,25-29H,6-12,14-21H2,1-5H3/t23-,25-,26-,27-,28-,29?,31+,32-/m0/s1. The summed E-state index contributed by atoms with van der Waals surface area (Å²) in [4.78, 5) is 12.7. The maximum absolute atomic E-state index is 12.7. The molecule has 0 heterocycles. The normalized spacial score (nSPS) is 39.5. The number of alkyl halides is 1. The molecule has 3 heteroatoms. The van der Waals surface area contributed by atoms with Crippen molar-refractivity contribution < 1.29 is 4.79 Å². The summed E-state index contributed by atoms with van der Waals surface area (Å²) in [7, 11) is 0. The van der Waals surface area contributed by atoms with Crippen LogP contribution in [0.5, 0.6) is 0 Å². The zero-order chi connectivity index (χ0) is 25.2. The SMILES string of the molecule is CCCCCCCC[C@H]1CC[C@H]2[C@@H]3CC=C4C[C@@H](SC(=O)C(Br)C(C)C)CC[C@]4(C)[C@H]3CC[C@]12C. The summed E-state index contributed by atoms with van der Waals surface area (Å²) in [5.41, 5.74) is 2.72. The zero-order valence-corrected chi connectivity index (χ0v) is 25.8. The molecule has 0 bridgehead atoms. The van der Waals surface area contributed by atoms with Gasteiger partial charge in [-0.2, -0.15) is 0 Å². The Morgan fingerprint density at radius 3 is 2.51 bits per heavy atom.